The number of amides is 1. The molecule has 2 heterocycles. The van der Waals surface area contributed by atoms with Gasteiger partial charge in [0.15, 0.2) is 11.5 Å². The summed E-state index contributed by atoms with van der Waals surface area (Å²) in [5, 5.41) is 10.7. The van der Waals surface area contributed by atoms with Crippen LogP contribution in [0.15, 0.2) is 24.3 Å². The summed E-state index contributed by atoms with van der Waals surface area (Å²) < 4.78 is 0. The van der Waals surface area contributed by atoms with Crippen LogP contribution in [0.25, 0.3) is 0 Å². The Bertz CT molecular complexity index is 481. The lowest BCUT2D eigenvalue weighted by molar-refractivity contribution is 0.0957. The summed E-state index contributed by atoms with van der Waals surface area (Å²) in [6, 6.07) is 3.63. The van der Waals surface area contributed by atoms with E-state index in [0.717, 1.165) is 30.7 Å². The molecule has 2 unspecified atom stereocenters. The van der Waals surface area contributed by atoms with E-state index >= 15 is 0 Å². The molecule has 2 aliphatic rings. The van der Waals surface area contributed by atoms with Gasteiger partial charge in [-0.15, -0.1) is 10.2 Å². The first-order valence-corrected chi connectivity index (χ1v) is 6.73. The molecule has 1 aromatic heterocycles. The molecule has 0 spiro atoms. The van der Waals surface area contributed by atoms with Gasteiger partial charge in [0, 0.05) is 20.1 Å². The second kappa shape index (κ2) is 4.99. The zero-order valence-corrected chi connectivity index (χ0v) is 11.0. The molecular formula is C14H18N4O. The standard InChI is InChI=1S/C14H18N4O/c1-15-14(19)12-6-7-13(17-16-12)18-8-10-4-2-3-5-11(10)9-18/h2-3,6-7,10-11H,4-5,8-9H2,1H3,(H,15,19). The fourth-order valence-corrected chi connectivity index (χ4v) is 2.94. The molecule has 5 heteroatoms. The first kappa shape index (κ1) is 12.1. The van der Waals surface area contributed by atoms with E-state index in [1.54, 1.807) is 13.1 Å². The fraction of sp³-hybridized carbons (Fsp3) is 0.500. The van der Waals surface area contributed by atoms with Crippen molar-refractivity contribution in [3.8, 4) is 0 Å². The molecule has 1 aliphatic carbocycles. The van der Waals surface area contributed by atoms with Crippen molar-refractivity contribution in [2.75, 3.05) is 25.0 Å². The third kappa shape index (κ3) is 2.32. The molecule has 2 atom stereocenters. The maximum absolute atomic E-state index is 11.4. The van der Waals surface area contributed by atoms with E-state index in [0.29, 0.717) is 5.69 Å². The summed E-state index contributed by atoms with van der Waals surface area (Å²) in [7, 11) is 1.59. The molecule has 100 valence electrons. The van der Waals surface area contributed by atoms with E-state index in [9.17, 15) is 4.79 Å². The summed E-state index contributed by atoms with van der Waals surface area (Å²) >= 11 is 0. The highest BCUT2D eigenvalue weighted by atomic mass is 16.1. The molecule has 5 nitrogen and oxygen atoms in total. The van der Waals surface area contributed by atoms with E-state index in [1.165, 1.54) is 12.8 Å². The second-order valence-corrected chi connectivity index (χ2v) is 5.22. The maximum Gasteiger partial charge on any atom is 0.271 e. The normalized spacial score (nSPS) is 25.2. The van der Waals surface area contributed by atoms with Gasteiger partial charge in [-0.25, -0.2) is 0 Å². The highest BCUT2D eigenvalue weighted by Crippen LogP contribution is 2.34. The van der Waals surface area contributed by atoms with Crippen molar-refractivity contribution in [2.45, 2.75) is 12.8 Å². The number of hydrogen-bond donors (Lipinski definition) is 1. The smallest absolute Gasteiger partial charge is 0.271 e. The largest absolute Gasteiger partial charge is 0.355 e. The van der Waals surface area contributed by atoms with Gasteiger partial charge in [0.05, 0.1) is 0 Å². The molecule has 1 aliphatic heterocycles. The first-order chi connectivity index (χ1) is 9.28. The zero-order valence-electron chi connectivity index (χ0n) is 11.0. The third-order valence-electron chi connectivity index (χ3n) is 4.05. The van der Waals surface area contributed by atoms with Gasteiger partial charge in [-0.1, -0.05) is 12.2 Å². The predicted molar refractivity (Wildman–Crippen MR) is 73.0 cm³/mol. The van der Waals surface area contributed by atoms with Crippen LogP contribution in [0.1, 0.15) is 23.3 Å². The van der Waals surface area contributed by atoms with Crippen LogP contribution in [-0.4, -0.2) is 36.2 Å². The van der Waals surface area contributed by atoms with Gasteiger partial charge >= 0.3 is 0 Å². The van der Waals surface area contributed by atoms with Crippen LogP contribution >= 0.6 is 0 Å². The SMILES string of the molecule is CNC(=O)c1ccc(N2CC3CC=CCC3C2)nn1. The Labute approximate surface area is 112 Å². The Morgan fingerprint density at radius 2 is 1.89 bits per heavy atom. The lowest BCUT2D eigenvalue weighted by Gasteiger charge is -2.17. The highest BCUT2D eigenvalue weighted by Gasteiger charge is 2.33. The molecular weight excluding hydrogens is 240 g/mol. The Morgan fingerprint density at radius 1 is 1.21 bits per heavy atom. The molecule has 1 aromatic rings. The van der Waals surface area contributed by atoms with Gasteiger partial charge in [-0.3, -0.25) is 4.79 Å². The average Bonchev–Trinajstić information content (AvgIpc) is 2.90. The van der Waals surface area contributed by atoms with Crippen LogP contribution in [0, 0.1) is 11.8 Å². The molecule has 1 fully saturated rings. The number of nitrogens with zero attached hydrogens (tertiary/aromatic N) is 3. The van der Waals surface area contributed by atoms with Crippen LogP contribution < -0.4 is 10.2 Å². The molecule has 3 rings (SSSR count). The van der Waals surface area contributed by atoms with Crippen molar-refractivity contribution in [2.24, 2.45) is 11.8 Å². The number of anilines is 1. The van der Waals surface area contributed by atoms with Crippen molar-refractivity contribution in [1.29, 1.82) is 0 Å². The van der Waals surface area contributed by atoms with Crippen LogP contribution in [0.5, 0.6) is 0 Å². The summed E-state index contributed by atoms with van der Waals surface area (Å²) in [4.78, 5) is 13.7. The van der Waals surface area contributed by atoms with Crippen LogP contribution in [0.2, 0.25) is 0 Å². The molecule has 1 N–H and O–H groups in total. The highest BCUT2D eigenvalue weighted by molar-refractivity contribution is 5.91. The van der Waals surface area contributed by atoms with E-state index in [4.69, 9.17) is 0 Å². The molecule has 0 aromatic carbocycles. The van der Waals surface area contributed by atoms with Gasteiger partial charge < -0.3 is 10.2 Å². The molecule has 0 saturated carbocycles. The number of fused-ring (bicyclic) bond motifs is 1. The Kier molecular flexibility index (Phi) is 3.19. The molecule has 0 radical (unpaired) electrons. The van der Waals surface area contributed by atoms with Crippen LogP contribution in [-0.2, 0) is 0 Å². The van der Waals surface area contributed by atoms with Gasteiger partial charge in [-0.2, -0.15) is 0 Å². The quantitative estimate of drug-likeness (QED) is 0.811. The topological polar surface area (TPSA) is 58.1 Å². The molecule has 1 saturated heterocycles. The van der Waals surface area contributed by atoms with E-state index in [-0.39, 0.29) is 5.91 Å². The minimum atomic E-state index is -0.196. The summed E-state index contributed by atoms with van der Waals surface area (Å²) in [5.74, 6) is 2.16. The van der Waals surface area contributed by atoms with Gasteiger partial charge in [-0.05, 0) is 36.8 Å². The number of aromatic nitrogens is 2. The average molecular weight is 258 g/mol. The lowest BCUT2D eigenvalue weighted by atomic mass is 9.86. The van der Waals surface area contributed by atoms with Crippen molar-refractivity contribution in [3.05, 3.63) is 30.0 Å². The van der Waals surface area contributed by atoms with Crippen LogP contribution in [0.3, 0.4) is 0 Å². The Balaban J connectivity index is 1.72. The van der Waals surface area contributed by atoms with E-state index in [2.05, 4.69) is 32.6 Å². The maximum atomic E-state index is 11.4. The minimum Gasteiger partial charge on any atom is -0.355 e. The number of carbonyl (C=O) groups is 1. The van der Waals surface area contributed by atoms with Crippen molar-refractivity contribution in [1.82, 2.24) is 15.5 Å². The number of nitrogens with one attached hydrogen (secondary N) is 1. The van der Waals surface area contributed by atoms with E-state index in [1.807, 2.05) is 6.07 Å². The summed E-state index contributed by atoms with van der Waals surface area (Å²) in [6.07, 6.45) is 6.91. The zero-order chi connectivity index (χ0) is 13.2. The molecule has 0 bridgehead atoms. The van der Waals surface area contributed by atoms with Gasteiger partial charge in [0.2, 0.25) is 0 Å². The monoisotopic (exact) mass is 258 g/mol. The van der Waals surface area contributed by atoms with Gasteiger partial charge in [0.25, 0.3) is 5.91 Å². The number of allylic oxidation sites excluding steroid dienone is 2. The van der Waals surface area contributed by atoms with Crippen molar-refractivity contribution < 1.29 is 4.79 Å². The fourth-order valence-electron chi connectivity index (χ4n) is 2.94. The number of carbonyl (C=O) groups excluding carboxylic acids is 1. The lowest BCUT2D eigenvalue weighted by Crippen LogP contribution is -2.23. The van der Waals surface area contributed by atoms with Crippen molar-refractivity contribution >= 4 is 11.7 Å². The Hall–Kier alpha value is -1.91. The molecule has 1 amide bonds. The third-order valence-corrected chi connectivity index (χ3v) is 4.05. The first-order valence-electron chi connectivity index (χ1n) is 6.73. The predicted octanol–water partition coefficient (Wildman–Crippen LogP) is 1.24. The number of hydrogen-bond acceptors (Lipinski definition) is 4. The Morgan fingerprint density at radius 3 is 2.42 bits per heavy atom. The van der Waals surface area contributed by atoms with Crippen LogP contribution in [0.4, 0.5) is 5.82 Å². The van der Waals surface area contributed by atoms with Crippen molar-refractivity contribution in [3.63, 3.8) is 0 Å². The minimum absolute atomic E-state index is 0.196. The summed E-state index contributed by atoms with van der Waals surface area (Å²) in [5.41, 5.74) is 0.365. The number of rotatable bonds is 2. The molecule has 19 heavy (non-hydrogen) atoms. The van der Waals surface area contributed by atoms with E-state index < -0.39 is 0 Å². The second-order valence-electron chi connectivity index (χ2n) is 5.22. The van der Waals surface area contributed by atoms with Gasteiger partial charge in [0.1, 0.15) is 0 Å². The summed E-state index contributed by atoms with van der Waals surface area (Å²) in [6.45, 7) is 2.09.